The van der Waals surface area contributed by atoms with Gasteiger partial charge in [-0.2, -0.15) is 5.26 Å². The number of nitriles is 1. The highest BCUT2D eigenvalue weighted by Crippen LogP contribution is 2.45. The van der Waals surface area contributed by atoms with E-state index in [-0.39, 0.29) is 5.41 Å². The Morgan fingerprint density at radius 3 is 2.94 bits per heavy atom. The lowest BCUT2D eigenvalue weighted by Gasteiger charge is -2.21. The highest BCUT2D eigenvalue weighted by Gasteiger charge is 2.38. The molecule has 0 spiro atoms. The molecule has 17 heavy (non-hydrogen) atoms. The average Bonchev–Trinajstić information content (AvgIpc) is 2.73. The third-order valence-corrected chi connectivity index (χ3v) is 4.45. The number of hydrogen-bond donors (Lipinski definition) is 0. The molecule has 1 aliphatic carbocycles. The normalized spacial score (nSPS) is 27.9. The summed E-state index contributed by atoms with van der Waals surface area (Å²) in [4.78, 5) is 0. The van der Waals surface area contributed by atoms with Crippen LogP contribution in [0.3, 0.4) is 0 Å². The molecule has 1 fully saturated rings. The van der Waals surface area contributed by atoms with Gasteiger partial charge in [-0.3, -0.25) is 0 Å². The molecule has 0 heterocycles. The lowest BCUT2D eigenvalue weighted by Crippen LogP contribution is -2.18. The fraction of sp³-hybridized carbons (Fsp3) is 0.533. The Morgan fingerprint density at radius 1 is 1.53 bits per heavy atom. The highest BCUT2D eigenvalue weighted by atomic mass is 79.9. The minimum absolute atomic E-state index is 0.110. The Kier molecular flexibility index (Phi) is 3.89. The molecule has 1 aromatic rings. The van der Waals surface area contributed by atoms with Crippen molar-refractivity contribution in [2.45, 2.75) is 39.0 Å². The summed E-state index contributed by atoms with van der Waals surface area (Å²) < 4.78 is 1.10. The number of halogens is 1. The molecule has 0 bridgehead atoms. The van der Waals surface area contributed by atoms with E-state index in [2.05, 4.69) is 47.1 Å². The van der Waals surface area contributed by atoms with E-state index in [1.54, 1.807) is 0 Å². The average molecular weight is 292 g/mol. The van der Waals surface area contributed by atoms with Crippen LogP contribution < -0.4 is 0 Å². The predicted octanol–water partition coefficient (Wildman–Crippen LogP) is 4.71. The van der Waals surface area contributed by atoms with Gasteiger partial charge in [-0.05, 0) is 49.3 Å². The van der Waals surface area contributed by atoms with Crippen LogP contribution >= 0.6 is 15.9 Å². The van der Waals surface area contributed by atoms with Crippen molar-refractivity contribution < 1.29 is 0 Å². The molecule has 1 nitrogen and oxygen atoms in total. The summed E-state index contributed by atoms with van der Waals surface area (Å²) in [6, 6.07) is 10.9. The van der Waals surface area contributed by atoms with Crippen LogP contribution in [-0.4, -0.2) is 0 Å². The second-order valence-electron chi connectivity index (χ2n) is 5.22. The summed E-state index contributed by atoms with van der Waals surface area (Å²) in [5.74, 6) is 0.752. The van der Waals surface area contributed by atoms with Crippen LogP contribution in [0.2, 0.25) is 0 Å². The van der Waals surface area contributed by atoms with E-state index < -0.39 is 0 Å². The van der Waals surface area contributed by atoms with Gasteiger partial charge < -0.3 is 0 Å². The Morgan fingerprint density at radius 2 is 2.35 bits per heavy atom. The molecule has 0 N–H and O–H groups in total. The SMILES string of the molecule is CCC1CCC(C#N)(Cc2cccc(Br)c2)C1. The van der Waals surface area contributed by atoms with Gasteiger partial charge in [0, 0.05) is 4.47 Å². The largest absolute Gasteiger partial charge is 0.198 e. The molecule has 1 saturated carbocycles. The summed E-state index contributed by atoms with van der Waals surface area (Å²) in [5.41, 5.74) is 1.17. The fourth-order valence-electron chi connectivity index (χ4n) is 2.92. The van der Waals surface area contributed by atoms with Crippen molar-refractivity contribution in [1.82, 2.24) is 0 Å². The van der Waals surface area contributed by atoms with Crippen LogP contribution in [-0.2, 0) is 6.42 Å². The lowest BCUT2D eigenvalue weighted by atomic mass is 9.80. The van der Waals surface area contributed by atoms with Gasteiger partial charge in [-0.25, -0.2) is 0 Å². The first-order valence-corrected chi connectivity index (χ1v) is 7.12. The third kappa shape index (κ3) is 2.90. The molecule has 0 amide bonds. The van der Waals surface area contributed by atoms with E-state index in [0.29, 0.717) is 0 Å². The maximum absolute atomic E-state index is 9.50. The molecule has 2 atom stereocenters. The van der Waals surface area contributed by atoms with Crippen molar-refractivity contribution in [3.8, 4) is 6.07 Å². The molecular weight excluding hydrogens is 274 g/mol. The van der Waals surface area contributed by atoms with Crippen molar-refractivity contribution in [2.75, 3.05) is 0 Å². The molecule has 1 aromatic carbocycles. The highest BCUT2D eigenvalue weighted by molar-refractivity contribution is 9.10. The predicted molar refractivity (Wildman–Crippen MR) is 73.5 cm³/mol. The van der Waals surface area contributed by atoms with Crippen molar-refractivity contribution in [1.29, 1.82) is 5.26 Å². The Labute approximate surface area is 112 Å². The molecule has 1 aliphatic rings. The molecule has 0 aromatic heterocycles. The van der Waals surface area contributed by atoms with E-state index in [1.165, 1.54) is 18.4 Å². The summed E-state index contributed by atoms with van der Waals surface area (Å²) >= 11 is 3.49. The van der Waals surface area contributed by atoms with Gasteiger partial charge in [0.25, 0.3) is 0 Å². The van der Waals surface area contributed by atoms with Gasteiger partial charge in [0.2, 0.25) is 0 Å². The molecule has 2 heteroatoms. The van der Waals surface area contributed by atoms with Gasteiger partial charge in [0.15, 0.2) is 0 Å². The first kappa shape index (κ1) is 12.6. The molecule has 0 saturated heterocycles. The maximum atomic E-state index is 9.50. The Bertz CT molecular complexity index is 435. The first-order valence-electron chi connectivity index (χ1n) is 6.33. The summed E-state index contributed by atoms with van der Waals surface area (Å²) in [6.45, 7) is 2.23. The number of nitrogens with zero attached hydrogens (tertiary/aromatic N) is 1. The van der Waals surface area contributed by atoms with Gasteiger partial charge in [-0.1, -0.05) is 41.4 Å². The zero-order valence-electron chi connectivity index (χ0n) is 10.2. The Balaban J connectivity index is 2.14. The van der Waals surface area contributed by atoms with Crippen LogP contribution in [0.15, 0.2) is 28.7 Å². The van der Waals surface area contributed by atoms with Crippen molar-refractivity contribution in [3.63, 3.8) is 0 Å². The second-order valence-corrected chi connectivity index (χ2v) is 6.13. The standard InChI is InChI=1S/C15H18BrN/c1-2-12-6-7-15(9-12,11-17)10-13-4-3-5-14(16)8-13/h3-5,8,12H,2,6-7,9-10H2,1H3. The molecule has 0 aliphatic heterocycles. The van der Waals surface area contributed by atoms with E-state index in [9.17, 15) is 5.26 Å². The molecule has 90 valence electrons. The fourth-order valence-corrected chi connectivity index (χ4v) is 3.37. The molecule has 2 unspecified atom stereocenters. The lowest BCUT2D eigenvalue weighted by molar-refractivity contribution is 0.381. The van der Waals surface area contributed by atoms with Gasteiger partial charge in [-0.15, -0.1) is 0 Å². The van der Waals surface area contributed by atoms with Crippen molar-refractivity contribution in [3.05, 3.63) is 34.3 Å². The minimum Gasteiger partial charge on any atom is -0.198 e. The quantitative estimate of drug-likeness (QED) is 0.791. The summed E-state index contributed by atoms with van der Waals surface area (Å²) in [7, 11) is 0. The van der Waals surface area contributed by atoms with Crippen LogP contribution in [0, 0.1) is 22.7 Å². The van der Waals surface area contributed by atoms with Crippen LogP contribution in [0.4, 0.5) is 0 Å². The maximum Gasteiger partial charge on any atom is 0.0693 e. The van der Waals surface area contributed by atoms with Crippen LogP contribution in [0.5, 0.6) is 0 Å². The third-order valence-electron chi connectivity index (χ3n) is 3.96. The van der Waals surface area contributed by atoms with Gasteiger partial charge in [0.05, 0.1) is 11.5 Å². The summed E-state index contributed by atoms with van der Waals surface area (Å²) in [5, 5.41) is 9.50. The van der Waals surface area contributed by atoms with Crippen molar-refractivity contribution >= 4 is 15.9 Å². The van der Waals surface area contributed by atoms with E-state index >= 15 is 0 Å². The Hall–Kier alpha value is -0.810. The number of rotatable bonds is 3. The van der Waals surface area contributed by atoms with Gasteiger partial charge >= 0.3 is 0 Å². The van der Waals surface area contributed by atoms with E-state index in [4.69, 9.17) is 0 Å². The van der Waals surface area contributed by atoms with Gasteiger partial charge in [0.1, 0.15) is 0 Å². The van der Waals surface area contributed by atoms with E-state index in [0.717, 1.165) is 29.7 Å². The number of hydrogen-bond acceptors (Lipinski definition) is 1. The zero-order valence-corrected chi connectivity index (χ0v) is 11.8. The topological polar surface area (TPSA) is 23.8 Å². The summed E-state index contributed by atoms with van der Waals surface area (Å²) in [6.07, 6.45) is 5.47. The van der Waals surface area contributed by atoms with Crippen LogP contribution in [0.25, 0.3) is 0 Å². The van der Waals surface area contributed by atoms with Crippen LogP contribution in [0.1, 0.15) is 38.2 Å². The minimum atomic E-state index is -0.110. The smallest absolute Gasteiger partial charge is 0.0693 e. The van der Waals surface area contributed by atoms with Crippen molar-refractivity contribution in [2.24, 2.45) is 11.3 Å². The molecular formula is C15H18BrN. The zero-order chi connectivity index (χ0) is 12.3. The number of benzene rings is 1. The molecule has 2 rings (SSSR count). The molecule has 0 radical (unpaired) electrons. The van der Waals surface area contributed by atoms with E-state index in [1.807, 2.05) is 6.07 Å². The monoisotopic (exact) mass is 291 g/mol. The first-order chi connectivity index (χ1) is 8.17. The second kappa shape index (κ2) is 5.23.